The minimum absolute atomic E-state index is 0.0414. The topological polar surface area (TPSA) is 90.7 Å². The lowest BCUT2D eigenvalue weighted by atomic mass is 10.1. The van der Waals surface area contributed by atoms with E-state index in [0.717, 1.165) is 0 Å². The summed E-state index contributed by atoms with van der Waals surface area (Å²) in [6, 6.07) is 5.05. The fourth-order valence-electron chi connectivity index (χ4n) is 1.97. The number of carbonyl (C=O) groups excluding carboxylic acids is 2. The van der Waals surface area contributed by atoms with Crippen LogP contribution in [0, 0.1) is 0 Å². The number of nitrogens with zero attached hydrogens (tertiary/aromatic N) is 1. The number of carbonyl (C=O) groups is 2. The predicted molar refractivity (Wildman–Crippen MR) is 84.2 cm³/mol. The highest BCUT2D eigenvalue weighted by molar-refractivity contribution is 5.91. The number of benzene rings is 1. The van der Waals surface area contributed by atoms with Gasteiger partial charge >= 0.3 is 12.1 Å². The number of aromatic nitrogens is 1. The summed E-state index contributed by atoms with van der Waals surface area (Å²) < 4.78 is 15.3. The second-order valence-corrected chi connectivity index (χ2v) is 5.95. The van der Waals surface area contributed by atoms with Crippen LogP contribution in [0.4, 0.5) is 10.5 Å². The summed E-state index contributed by atoms with van der Waals surface area (Å²) in [5.74, 6) is -0.362. The fraction of sp³-hybridized carbons (Fsp3) is 0.438. The second kappa shape index (κ2) is 6.68. The van der Waals surface area contributed by atoms with Crippen LogP contribution in [0.25, 0.3) is 11.0 Å². The maximum absolute atomic E-state index is 11.7. The zero-order chi connectivity index (χ0) is 17.0. The lowest BCUT2D eigenvalue weighted by Gasteiger charge is -2.19. The molecule has 0 unspecified atom stereocenters. The number of ether oxygens (including phenoxy) is 2. The van der Waals surface area contributed by atoms with Gasteiger partial charge in [-0.25, -0.2) is 4.79 Å². The molecule has 1 aromatic heterocycles. The highest BCUT2D eigenvalue weighted by atomic mass is 16.6. The Bertz CT molecular complexity index is 715. The molecule has 0 radical (unpaired) electrons. The molecule has 0 saturated heterocycles. The summed E-state index contributed by atoms with van der Waals surface area (Å²) >= 11 is 0. The number of hydrogen-bond acceptors (Lipinski definition) is 6. The first kappa shape index (κ1) is 16.8. The minimum Gasteiger partial charge on any atom is -0.466 e. The van der Waals surface area contributed by atoms with Crippen molar-refractivity contribution in [3.8, 4) is 0 Å². The van der Waals surface area contributed by atoms with Crippen molar-refractivity contribution < 1.29 is 23.6 Å². The summed E-state index contributed by atoms with van der Waals surface area (Å²) in [5.41, 5.74) is 0.915. The fourth-order valence-corrected chi connectivity index (χ4v) is 1.97. The van der Waals surface area contributed by atoms with E-state index >= 15 is 0 Å². The molecule has 1 aromatic carbocycles. The summed E-state index contributed by atoms with van der Waals surface area (Å²) in [7, 11) is 0. The molecular formula is C16H20N2O5. The van der Waals surface area contributed by atoms with E-state index in [4.69, 9.17) is 14.0 Å². The van der Waals surface area contributed by atoms with Crippen LogP contribution in [-0.2, 0) is 20.7 Å². The van der Waals surface area contributed by atoms with Gasteiger partial charge in [-0.15, -0.1) is 0 Å². The first-order valence-corrected chi connectivity index (χ1v) is 7.32. The average Bonchev–Trinajstić information content (AvgIpc) is 2.79. The van der Waals surface area contributed by atoms with Gasteiger partial charge in [0.25, 0.3) is 0 Å². The second-order valence-electron chi connectivity index (χ2n) is 5.95. The number of hydrogen-bond donors (Lipinski definition) is 1. The summed E-state index contributed by atoms with van der Waals surface area (Å²) in [6.07, 6.45) is -0.511. The molecular weight excluding hydrogens is 300 g/mol. The quantitative estimate of drug-likeness (QED) is 0.869. The minimum atomic E-state index is -0.576. The third kappa shape index (κ3) is 4.70. The zero-order valence-electron chi connectivity index (χ0n) is 13.6. The van der Waals surface area contributed by atoms with E-state index in [1.54, 1.807) is 45.9 Å². The van der Waals surface area contributed by atoms with Crippen LogP contribution < -0.4 is 5.32 Å². The van der Waals surface area contributed by atoms with Gasteiger partial charge in [-0.1, -0.05) is 5.16 Å². The molecule has 0 spiro atoms. The largest absolute Gasteiger partial charge is 0.466 e. The van der Waals surface area contributed by atoms with Gasteiger partial charge in [0.05, 0.1) is 13.0 Å². The van der Waals surface area contributed by atoms with Crippen LogP contribution in [0.15, 0.2) is 22.7 Å². The van der Waals surface area contributed by atoms with Gasteiger partial charge < -0.3 is 14.0 Å². The molecule has 7 nitrogen and oxygen atoms in total. The molecule has 0 aliphatic heterocycles. The SMILES string of the molecule is CCOC(=O)Cc1noc2cc(NC(=O)OC(C)(C)C)ccc12. The molecule has 1 amide bonds. The molecule has 124 valence electrons. The van der Waals surface area contributed by atoms with Crippen LogP contribution in [0.5, 0.6) is 0 Å². The van der Waals surface area contributed by atoms with Crippen molar-refractivity contribution in [3.05, 3.63) is 23.9 Å². The summed E-state index contributed by atoms with van der Waals surface area (Å²) in [5, 5.41) is 7.20. The highest BCUT2D eigenvalue weighted by Gasteiger charge is 2.17. The Morgan fingerprint density at radius 1 is 1.30 bits per heavy atom. The van der Waals surface area contributed by atoms with Crippen molar-refractivity contribution in [1.82, 2.24) is 5.16 Å². The molecule has 0 fully saturated rings. The lowest BCUT2D eigenvalue weighted by Crippen LogP contribution is -2.27. The Labute approximate surface area is 133 Å². The predicted octanol–water partition coefficient (Wildman–Crippen LogP) is 3.28. The summed E-state index contributed by atoms with van der Waals surface area (Å²) in [4.78, 5) is 23.3. The number of nitrogens with one attached hydrogen (secondary N) is 1. The number of anilines is 1. The Hall–Kier alpha value is -2.57. The van der Waals surface area contributed by atoms with Crippen molar-refractivity contribution in [1.29, 1.82) is 0 Å². The third-order valence-corrected chi connectivity index (χ3v) is 2.81. The van der Waals surface area contributed by atoms with Crippen molar-refractivity contribution in [2.45, 2.75) is 39.7 Å². The Morgan fingerprint density at radius 3 is 2.70 bits per heavy atom. The van der Waals surface area contributed by atoms with Crippen molar-refractivity contribution in [2.75, 3.05) is 11.9 Å². The Morgan fingerprint density at radius 2 is 2.04 bits per heavy atom. The highest BCUT2D eigenvalue weighted by Crippen LogP contribution is 2.23. The molecule has 2 rings (SSSR count). The normalized spacial score (nSPS) is 11.3. The first-order valence-electron chi connectivity index (χ1n) is 7.32. The van der Waals surface area contributed by atoms with E-state index in [9.17, 15) is 9.59 Å². The van der Waals surface area contributed by atoms with Gasteiger partial charge in [0.1, 0.15) is 11.3 Å². The number of amides is 1. The van der Waals surface area contributed by atoms with Crippen molar-refractivity contribution in [2.24, 2.45) is 0 Å². The van der Waals surface area contributed by atoms with Crippen LogP contribution in [-0.4, -0.2) is 29.4 Å². The van der Waals surface area contributed by atoms with E-state index in [1.165, 1.54) is 0 Å². The van der Waals surface area contributed by atoms with Crippen molar-refractivity contribution in [3.63, 3.8) is 0 Å². The molecule has 0 aliphatic carbocycles. The first-order chi connectivity index (χ1) is 10.8. The molecule has 0 aliphatic rings. The van der Waals surface area contributed by atoms with Crippen LogP contribution >= 0.6 is 0 Å². The smallest absolute Gasteiger partial charge is 0.412 e. The molecule has 1 N–H and O–H groups in total. The van der Waals surface area contributed by atoms with E-state index in [-0.39, 0.29) is 12.4 Å². The average molecular weight is 320 g/mol. The van der Waals surface area contributed by atoms with Gasteiger partial charge in [0.15, 0.2) is 5.58 Å². The molecule has 7 heteroatoms. The monoisotopic (exact) mass is 320 g/mol. The van der Waals surface area contributed by atoms with E-state index < -0.39 is 11.7 Å². The van der Waals surface area contributed by atoms with E-state index in [1.807, 2.05) is 0 Å². The molecule has 0 saturated carbocycles. The number of esters is 1. The van der Waals surface area contributed by atoms with Gasteiger partial charge in [-0.3, -0.25) is 10.1 Å². The molecule has 23 heavy (non-hydrogen) atoms. The molecule has 2 aromatic rings. The van der Waals surface area contributed by atoms with E-state index in [2.05, 4.69) is 10.5 Å². The maximum atomic E-state index is 11.7. The standard InChI is InChI=1S/C16H20N2O5/c1-5-21-14(19)9-12-11-7-6-10(8-13(11)23-18-12)17-15(20)22-16(2,3)4/h6-8H,5,9H2,1-4H3,(H,17,20). The number of fused-ring (bicyclic) bond motifs is 1. The lowest BCUT2D eigenvalue weighted by molar-refractivity contribution is -0.142. The molecule has 0 bridgehead atoms. The Kier molecular flexibility index (Phi) is 4.88. The molecule has 0 atom stereocenters. The third-order valence-electron chi connectivity index (χ3n) is 2.81. The van der Waals surface area contributed by atoms with Crippen LogP contribution in [0.3, 0.4) is 0 Å². The molecule has 1 heterocycles. The van der Waals surface area contributed by atoms with Gasteiger partial charge in [-0.2, -0.15) is 0 Å². The van der Waals surface area contributed by atoms with Gasteiger partial charge in [0.2, 0.25) is 0 Å². The summed E-state index contributed by atoms with van der Waals surface area (Å²) in [6.45, 7) is 7.42. The van der Waals surface area contributed by atoms with Crippen LogP contribution in [0.1, 0.15) is 33.4 Å². The van der Waals surface area contributed by atoms with Crippen LogP contribution in [0.2, 0.25) is 0 Å². The Balaban J connectivity index is 2.12. The van der Waals surface area contributed by atoms with Crippen molar-refractivity contribution >= 4 is 28.7 Å². The number of rotatable bonds is 4. The van der Waals surface area contributed by atoms with Gasteiger partial charge in [0, 0.05) is 17.1 Å². The van der Waals surface area contributed by atoms with E-state index in [0.29, 0.717) is 29.0 Å². The zero-order valence-corrected chi connectivity index (χ0v) is 13.6. The van der Waals surface area contributed by atoms with Gasteiger partial charge in [-0.05, 0) is 39.8 Å². The maximum Gasteiger partial charge on any atom is 0.412 e.